The van der Waals surface area contributed by atoms with Crippen LogP contribution >= 0.6 is 0 Å². The Bertz CT molecular complexity index is 149. The average Bonchev–Trinajstić information content (AvgIpc) is 2.16. The molecule has 0 aromatic heterocycles. The summed E-state index contributed by atoms with van der Waals surface area (Å²) < 4.78 is 18.6. The van der Waals surface area contributed by atoms with E-state index in [9.17, 15) is 4.39 Å². The van der Waals surface area contributed by atoms with E-state index in [2.05, 4.69) is 13.8 Å². The number of halogens is 1. The van der Waals surface area contributed by atoms with Crippen LogP contribution in [0.2, 0.25) is 0 Å². The molecule has 1 fully saturated rings. The predicted octanol–water partition coefficient (Wildman–Crippen LogP) is 3.19. The molecule has 1 aliphatic rings. The first kappa shape index (κ1) is 11.0. The molecule has 3 unspecified atom stereocenters. The Kier molecular flexibility index (Phi) is 4.17. The molecule has 1 aliphatic carbocycles. The highest BCUT2D eigenvalue weighted by atomic mass is 19.1. The van der Waals surface area contributed by atoms with Gasteiger partial charge in [0.15, 0.2) is 0 Å². The van der Waals surface area contributed by atoms with Crippen molar-refractivity contribution < 1.29 is 9.13 Å². The number of methoxy groups -OCH3 is 1. The van der Waals surface area contributed by atoms with Gasteiger partial charge in [0.1, 0.15) is 6.17 Å². The second-order valence-corrected chi connectivity index (χ2v) is 4.25. The zero-order valence-electron chi connectivity index (χ0n) is 8.92. The Morgan fingerprint density at radius 2 is 2.15 bits per heavy atom. The maximum absolute atomic E-state index is 13.5. The van der Waals surface area contributed by atoms with E-state index in [-0.39, 0.29) is 6.10 Å². The Morgan fingerprint density at radius 1 is 1.46 bits per heavy atom. The van der Waals surface area contributed by atoms with Crippen LogP contribution in [0.4, 0.5) is 4.39 Å². The van der Waals surface area contributed by atoms with Crippen molar-refractivity contribution in [3.8, 4) is 0 Å². The van der Waals surface area contributed by atoms with Gasteiger partial charge in [-0.05, 0) is 31.1 Å². The highest BCUT2D eigenvalue weighted by Gasteiger charge is 2.32. The van der Waals surface area contributed by atoms with Crippen molar-refractivity contribution in [2.24, 2.45) is 11.8 Å². The molecule has 2 heteroatoms. The summed E-state index contributed by atoms with van der Waals surface area (Å²) in [5, 5.41) is 0. The Labute approximate surface area is 80.7 Å². The van der Waals surface area contributed by atoms with E-state index < -0.39 is 6.17 Å². The fraction of sp³-hybridized carbons (Fsp3) is 1.00. The minimum absolute atomic E-state index is 0.139. The SMILES string of the molecule is CCC(C)C1CC[C@@H](OC)C(F)C1. The molecule has 13 heavy (non-hydrogen) atoms. The zero-order chi connectivity index (χ0) is 9.84. The molecule has 0 spiro atoms. The largest absolute Gasteiger partial charge is 0.378 e. The van der Waals surface area contributed by atoms with Crippen LogP contribution in [-0.2, 0) is 4.74 Å². The van der Waals surface area contributed by atoms with Crippen molar-refractivity contribution in [3.63, 3.8) is 0 Å². The van der Waals surface area contributed by atoms with E-state index in [0.29, 0.717) is 18.3 Å². The molecule has 0 saturated heterocycles. The monoisotopic (exact) mass is 188 g/mol. The highest BCUT2D eigenvalue weighted by Crippen LogP contribution is 2.34. The van der Waals surface area contributed by atoms with Gasteiger partial charge in [-0.2, -0.15) is 0 Å². The van der Waals surface area contributed by atoms with Crippen molar-refractivity contribution in [1.29, 1.82) is 0 Å². The topological polar surface area (TPSA) is 9.23 Å². The van der Waals surface area contributed by atoms with E-state index in [0.717, 1.165) is 19.3 Å². The quantitative estimate of drug-likeness (QED) is 0.661. The van der Waals surface area contributed by atoms with Gasteiger partial charge in [0.25, 0.3) is 0 Å². The van der Waals surface area contributed by atoms with Gasteiger partial charge in [-0.25, -0.2) is 4.39 Å². The van der Waals surface area contributed by atoms with Gasteiger partial charge >= 0.3 is 0 Å². The van der Waals surface area contributed by atoms with Gasteiger partial charge < -0.3 is 4.74 Å². The van der Waals surface area contributed by atoms with Crippen molar-refractivity contribution in [3.05, 3.63) is 0 Å². The lowest BCUT2D eigenvalue weighted by Crippen LogP contribution is -2.34. The molecule has 0 N–H and O–H groups in total. The first-order valence-electron chi connectivity index (χ1n) is 5.35. The van der Waals surface area contributed by atoms with Crippen LogP contribution in [0, 0.1) is 11.8 Å². The third-order valence-electron chi connectivity index (χ3n) is 3.50. The van der Waals surface area contributed by atoms with Crippen molar-refractivity contribution in [2.45, 2.75) is 51.8 Å². The van der Waals surface area contributed by atoms with E-state index in [4.69, 9.17) is 4.74 Å². The van der Waals surface area contributed by atoms with E-state index in [1.807, 2.05) is 0 Å². The first-order chi connectivity index (χ1) is 6.19. The van der Waals surface area contributed by atoms with Crippen LogP contribution in [0.15, 0.2) is 0 Å². The molecule has 1 nitrogen and oxygen atoms in total. The fourth-order valence-electron chi connectivity index (χ4n) is 2.23. The van der Waals surface area contributed by atoms with E-state index >= 15 is 0 Å². The van der Waals surface area contributed by atoms with Crippen molar-refractivity contribution in [2.75, 3.05) is 7.11 Å². The van der Waals surface area contributed by atoms with Gasteiger partial charge in [-0.3, -0.25) is 0 Å². The molecule has 1 rings (SSSR count). The fourth-order valence-corrected chi connectivity index (χ4v) is 2.23. The maximum Gasteiger partial charge on any atom is 0.126 e. The second kappa shape index (κ2) is 4.94. The lowest BCUT2D eigenvalue weighted by atomic mass is 9.78. The molecule has 4 atom stereocenters. The third kappa shape index (κ3) is 2.67. The lowest BCUT2D eigenvalue weighted by Gasteiger charge is -2.33. The van der Waals surface area contributed by atoms with Gasteiger partial charge in [-0.1, -0.05) is 20.3 Å². The molecule has 0 bridgehead atoms. The van der Waals surface area contributed by atoms with Gasteiger partial charge in [0, 0.05) is 7.11 Å². The predicted molar refractivity (Wildman–Crippen MR) is 52.5 cm³/mol. The summed E-state index contributed by atoms with van der Waals surface area (Å²) in [4.78, 5) is 0. The van der Waals surface area contributed by atoms with Crippen LogP contribution in [0.25, 0.3) is 0 Å². The summed E-state index contributed by atoms with van der Waals surface area (Å²) in [6, 6.07) is 0. The molecule has 0 amide bonds. The first-order valence-corrected chi connectivity index (χ1v) is 5.35. The zero-order valence-corrected chi connectivity index (χ0v) is 8.92. The third-order valence-corrected chi connectivity index (χ3v) is 3.50. The summed E-state index contributed by atoms with van der Waals surface area (Å²) in [6.45, 7) is 4.41. The Balaban J connectivity index is 2.40. The standard InChI is InChI=1S/C11H21FO/c1-4-8(2)9-5-6-11(13-3)10(12)7-9/h8-11H,4-7H2,1-3H3/t8?,9?,10?,11-/m1/s1. The van der Waals surface area contributed by atoms with Crippen LogP contribution < -0.4 is 0 Å². The minimum Gasteiger partial charge on any atom is -0.378 e. The molecule has 0 aliphatic heterocycles. The van der Waals surface area contributed by atoms with Gasteiger partial charge in [0.05, 0.1) is 6.10 Å². The summed E-state index contributed by atoms with van der Waals surface area (Å²) in [6.07, 6.45) is 3.02. The number of alkyl halides is 1. The Morgan fingerprint density at radius 3 is 2.62 bits per heavy atom. The van der Waals surface area contributed by atoms with Crippen LogP contribution in [0.3, 0.4) is 0 Å². The summed E-state index contributed by atoms with van der Waals surface area (Å²) >= 11 is 0. The van der Waals surface area contributed by atoms with Crippen LogP contribution in [-0.4, -0.2) is 19.4 Å². The smallest absolute Gasteiger partial charge is 0.126 e. The minimum atomic E-state index is -0.738. The molecular formula is C11H21FO. The van der Waals surface area contributed by atoms with Crippen molar-refractivity contribution >= 4 is 0 Å². The van der Waals surface area contributed by atoms with Gasteiger partial charge in [0.2, 0.25) is 0 Å². The average molecular weight is 188 g/mol. The number of ether oxygens (including phenoxy) is 1. The Hall–Kier alpha value is -0.110. The molecule has 0 heterocycles. The number of hydrogen-bond acceptors (Lipinski definition) is 1. The molecule has 0 aromatic carbocycles. The number of rotatable bonds is 3. The normalized spacial score (nSPS) is 37.4. The summed E-state index contributed by atoms with van der Waals surface area (Å²) in [7, 11) is 1.61. The number of hydrogen-bond donors (Lipinski definition) is 0. The molecule has 0 aromatic rings. The van der Waals surface area contributed by atoms with E-state index in [1.165, 1.54) is 0 Å². The van der Waals surface area contributed by atoms with E-state index in [1.54, 1.807) is 7.11 Å². The molecular weight excluding hydrogens is 167 g/mol. The maximum atomic E-state index is 13.5. The molecule has 0 radical (unpaired) electrons. The second-order valence-electron chi connectivity index (χ2n) is 4.25. The van der Waals surface area contributed by atoms with Crippen LogP contribution in [0.5, 0.6) is 0 Å². The summed E-state index contributed by atoms with van der Waals surface area (Å²) in [5.41, 5.74) is 0. The molecule has 78 valence electrons. The van der Waals surface area contributed by atoms with Crippen LogP contribution in [0.1, 0.15) is 39.5 Å². The lowest BCUT2D eigenvalue weighted by molar-refractivity contribution is -0.0170. The molecule has 1 saturated carbocycles. The van der Waals surface area contributed by atoms with Gasteiger partial charge in [-0.15, -0.1) is 0 Å². The summed E-state index contributed by atoms with van der Waals surface area (Å²) in [5.74, 6) is 1.24. The highest BCUT2D eigenvalue weighted by molar-refractivity contribution is 4.82. The van der Waals surface area contributed by atoms with Crippen molar-refractivity contribution in [1.82, 2.24) is 0 Å².